The van der Waals surface area contributed by atoms with Crippen molar-refractivity contribution in [1.82, 2.24) is 19.7 Å². The maximum Gasteiger partial charge on any atom is 0.425 e. The number of alkyl halides is 3. The van der Waals surface area contributed by atoms with Crippen LogP contribution in [-0.2, 0) is 27.2 Å². The molecule has 4 heterocycles. The summed E-state index contributed by atoms with van der Waals surface area (Å²) in [6, 6.07) is 6.34. The number of halogens is 3. The SMILES string of the molecule is C[Si](C)(C)CCOCn1ncc(OCC2CCCC(CC(=O)N3CCN(c4ccc(C#N)cn4)CC3)O2)c(C(F)(F)F)c1=O. The number of pyridine rings is 1. The number of amides is 1. The Hall–Kier alpha value is -3.48. The third kappa shape index (κ3) is 9.26. The van der Waals surface area contributed by atoms with Gasteiger partial charge in [0.2, 0.25) is 5.91 Å². The molecular weight excluding hydrogens is 597 g/mol. The summed E-state index contributed by atoms with van der Waals surface area (Å²) in [6.07, 6.45) is -1.36. The third-order valence-electron chi connectivity index (χ3n) is 7.60. The zero-order valence-corrected chi connectivity index (χ0v) is 26.3. The molecule has 0 aromatic carbocycles. The Kier molecular flexibility index (Phi) is 11.0. The first-order chi connectivity index (χ1) is 20.8. The average Bonchev–Trinajstić information content (AvgIpc) is 2.98. The van der Waals surface area contributed by atoms with Crippen molar-refractivity contribution >= 4 is 19.8 Å². The molecule has 0 saturated carbocycles. The molecule has 11 nitrogen and oxygen atoms in total. The molecule has 0 radical (unpaired) electrons. The second-order valence-corrected chi connectivity index (χ2v) is 17.9. The number of ether oxygens (including phenoxy) is 3. The first-order valence-electron chi connectivity index (χ1n) is 14.8. The van der Waals surface area contributed by atoms with Crippen LogP contribution in [0.3, 0.4) is 0 Å². The molecule has 2 aliphatic rings. The van der Waals surface area contributed by atoms with Gasteiger partial charge in [-0.1, -0.05) is 19.6 Å². The predicted octanol–water partition coefficient (Wildman–Crippen LogP) is 3.90. The van der Waals surface area contributed by atoms with Crippen molar-refractivity contribution in [2.75, 3.05) is 44.3 Å². The highest BCUT2D eigenvalue weighted by molar-refractivity contribution is 6.76. The Bertz CT molecular complexity index is 1370. The van der Waals surface area contributed by atoms with Crippen molar-refractivity contribution < 1.29 is 32.2 Å². The van der Waals surface area contributed by atoms with E-state index in [4.69, 9.17) is 19.5 Å². The van der Waals surface area contributed by atoms with E-state index in [0.29, 0.717) is 55.9 Å². The lowest BCUT2D eigenvalue weighted by atomic mass is 10.0. The van der Waals surface area contributed by atoms with E-state index in [1.54, 1.807) is 17.0 Å². The van der Waals surface area contributed by atoms with Crippen molar-refractivity contribution in [1.29, 1.82) is 5.26 Å². The van der Waals surface area contributed by atoms with Crippen LogP contribution in [0.15, 0.2) is 29.3 Å². The highest BCUT2D eigenvalue weighted by Gasteiger charge is 2.39. The number of hydrogen-bond donors (Lipinski definition) is 0. The van der Waals surface area contributed by atoms with Crippen LogP contribution in [-0.4, -0.2) is 85.2 Å². The second kappa shape index (κ2) is 14.5. The van der Waals surface area contributed by atoms with Crippen LogP contribution in [0.2, 0.25) is 25.7 Å². The molecular formula is C29H39F3N6O5Si. The number of nitrogens with zero attached hydrogens (tertiary/aromatic N) is 6. The van der Waals surface area contributed by atoms with Gasteiger partial charge in [-0.3, -0.25) is 9.59 Å². The van der Waals surface area contributed by atoms with Gasteiger partial charge in [-0.2, -0.15) is 23.5 Å². The first-order valence-corrected chi connectivity index (χ1v) is 18.5. The van der Waals surface area contributed by atoms with Crippen LogP contribution in [0.5, 0.6) is 5.75 Å². The third-order valence-corrected chi connectivity index (χ3v) is 9.30. The van der Waals surface area contributed by atoms with Crippen molar-refractivity contribution in [3.8, 4) is 11.8 Å². The summed E-state index contributed by atoms with van der Waals surface area (Å²) in [7, 11) is -1.40. The largest absolute Gasteiger partial charge is 0.488 e. The number of aromatic nitrogens is 3. The molecule has 0 spiro atoms. The number of carbonyl (C=O) groups excluding carboxylic acids is 1. The molecule has 2 aliphatic heterocycles. The van der Waals surface area contributed by atoms with Crippen molar-refractivity contribution in [2.45, 2.75) is 76.5 Å². The average molecular weight is 637 g/mol. The molecule has 0 N–H and O–H groups in total. The van der Waals surface area contributed by atoms with Gasteiger partial charge in [0, 0.05) is 47.1 Å². The molecule has 15 heteroatoms. The summed E-state index contributed by atoms with van der Waals surface area (Å²) < 4.78 is 59.2. The van der Waals surface area contributed by atoms with Crippen molar-refractivity contribution in [2.24, 2.45) is 0 Å². The minimum Gasteiger partial charge on any atom is -0.488 e. The Morgan fingerprint density at radius 1 is 1.14 bits per heavy atom. The van der Waals surface area contributed by atoms with Crippen LogP contribution in [0.4, 0.5) is 19.0 Å². The maximum atomic E-state index is 13.9. The van der Waals surface area contributed by atoms with Crippen molar-refractivity contribution in [3.63, 3.8) is 0 Å². The van der Waals surface area contributed by atoms with E-state index in [0.717, 1.165) is 24.5 Å². The quantitative estimate of drug-likeness (QED) is 0.267. The number of piperazine rings is 1. The molecule has 2 atom stereocenters. The lowest BCUT2D eigenvalue weighted by Gasteiger charge is -2.37. The van der Waals surface area contributed by atoms with Crippen LogP contribution < -0.4 is 15.2 Å². The van der Waals surface area contributed by atoms with E-state index in [-0.39, 0.29) is 31.8 Å². The molecule has 2 unspecified atom stereocenters. The number of rotatable bonds is 11. The number of hydrogen-bond acceptors (Lipinski definition) is 9. The Balaban J connectivity index is 1.28. The molecule has 2 aromatic heterocycles. The molecule has 44 heavy (non-hydrogen) atoms. The van der Waals surface area contributed by atoms with Gasteiger partial charge in [-0.05, 0) is 37.4 Å². The molecule has 4 rings (SSSR count). The fourth-order valence-electron chi connectivity index (χ4n) is 5.05. The normalized spacial score (nSPS) is 19.5. The smallest absolute Gasteiger partial charge is 0.425 e. The van der Waals surface area contributed by atoms with Gasteiger partial charge >= 0.3 is 6.18 Å². The first kappa shape index (κ1) is 33.4. The maximum absolute atomic E-state index is 13.9. The highest BCUT2D eigenvalue weighted by atomic mass is 28.3. The minimum absolute atomic E-state index is 0.0526. The van der Waals surface area contributed by atoms with Gasteiger partial charge in [-0.15, -0.1) is 0 Å². The van der Waals surface area contributed by atoms with Crippen molar-refractivity contribution in [3.05, 3.63) is 46.0 Å². The molecule has 0 aliphatic carbocycles. The molecule has 0 bridgehead atoms. The van der Waals surface area contributed by atoms with Gasteiger partial charge < -0.3 is 24.0 Å². The van der Waals surface area contributed by atoms with Gasteiger partial charge in [0.1, 0.15) is 25.2 Å². The van der Waals surface area contributed by atoms with Crippen LogP contribution in [0.1, 0.15) is 36.8 Å². The predicted molar refractivity (Wildman–Crippen MR) is 158 cm³/mol. The number of carbonyl (C=O) groups is 1. The van der Waals surface area contributed by atoms with Gasteiger partial charge in [0.25, 0.3) is 5.56 Å². The number of nitriles is 1. The van der Waals surface area contributed by atoms with Crippen LogP contribution in [0.25, 0.3) is 0 Å². The van der Waals surface area contributed by atoms with Gasteiger partial charge in [-0.25, -0.2) is 9.67 Å². The Morgan fingerprint density at radius 2 is 1.86 bits per heavy atom. The Labute approximate surface area is 255 Å². The second-order valence-electron chi connectivity index (χ2n) is 12.2. The van der Waals surface area contributed by atoms with E-state index < -0.39 is 37.2 Å². The molecule has 2 aromatic rings. The summed E-state index contributed by atoms with van der Waals surface area (Å²) >= 11 is 0. The summed E-state index contributed by atoms with van der Waals surface area (Å²) in [5.41, 5.74) is -2.28. The fourth-order valence-corrected chi connectivity index (χ4v) is 5.81. The zero-order valence-electron chi connectivity index (χ0n) is 25.3. The van der Waals surface area contributed by atoms with Gasteiger partial charge in [0.15, 0.2) is 11.3 Å². The van der Waals surface area contributed by atoms with E-state index in [1.807, 2.05) is 6.07 Å². The van der Waals surface area contributed by atoms with Gasteiger partial charge in [0.05, 0.1) is 30.4 Å². The zero-order chi connectivity index (χ0) is 31.9. The highest BCUT2D eigenvalue weighted by Crippen LogP contribution is 2.33. The van der Waals surface area contributed by atoms with Crippen LogP contribution >= 0.6 is 0 Å². The fraction of sp³-hybridized carbons (Fsp3) is 0.621. The number of anilines is 1. The van der Waals surface area contributed by atoms with Crippen LogP contribution in [0, 0.1) is 11.3 Å². The van der Waals surface area contributed by atoms with E-state index in [9.17, 15) is 22.8 Å². The molecule has 240 valence electrons. The molecule has 1 amide bonds. The Morgan fingerprint density at radius 3 is 2.50 bits per heavy atom. The summed E-state index contributed by atoms with van der Waals surface area (Å²) in [5.74, 6) is 0.0436. The lowest BCUT2D eigenvalue weighted by molar-refractivity contribution is -0.143. The summed E-state index contributed by atoms with van der Waals surface area (Å²) in [4.78, 5) is 33.8. The minimum atomic E-state index is -4.95. The molecule has 2 fully saturated rings. The molecule has 2 saturated heterocycles. The van der Waals surface area contributed by atoms with E-state index in [2.05, 4.69) is 34.6 Å². The lowest BCUT2D eigenvalue weighted by Crippen LogP contribution is -2.50. The summed E-state index contributed by atoms with van der Waals surface area (Å²) in [6.45, 7) is 8.42. The monoisotopic (exact) mass is 636 g/mol. The summed E-state index contributed by atoms with van der Waals surface area (Å²) in [5, 5.41) is 12.8. The topological polar surface area (TPSA) is 123 Å². The van der Waals surface area contributed by atoms with E-state index in [1.165, 1.54) is 6.20 Å². The van der Waals surface area contributed by atoms with E-state index >= 15 is 0 Å². The standard InChI is InChI=1S/C29H39F3N6O5Si/c1-44(2,3)14-13-41-20-38-28(40)27(29(30,31)32)24(18-35-38)42-19-23-6-4-5-22(43-23)15-26(39)37-11-9-36(10-12-37)25-8-7-21(16-33)17-34-25/h7-8,17-18,22-23H,4-6,9-15,19-20H2,1-3H3.